The fraction of sp³-hybridized carbons (Fsp3) is 0.615. The number of rotatable bonds is 2. The van der Waals surface area contributed by atoms with Gasteiger partial charge in [-0.3, -0.25) is 24.0 Å². The molecule has 200 valence electrons. The summed E-state index contributed by atoms with van der Waals surface area (Å²) in [5.74, 6) is -0.471. The number of carbonyl (C=O) groups excluding carboxylic acids is 3. The van der Waals surface area contributed by atoms with E-state index in [1.165, 1.54) is 4.57 Å². The third kappa shape index (κ3) is 6.52. The van der Waals surface area contributed by atoms with Crippen molar-refractivity contribution >= 4 is 41.6 Å². The lowest BCUT2D eigenvalue weighted by atomic mass is 9.89. The summed E-state index contributed by atoms with van der Waals surface area (Å²) in [6.45, 7) is 10.8. The normalized spacial score (nSPS) is 18.6. The highest BCUT2D eigenvalue weighted by Crippen LogP contribution is 2.31. The molecule has 1 aromatic carbocycles. The van der Waals surface area contributed by atoms with Crippen LogP contribution in [0.1, 0.15) is 77.8 Å². The highest BCUT2D eigenvalue weighted by Gasteiger charge is 2.32. The molecule has 0 saturated carbocycles. The molecule has 0 spiro atoms. The second-order valence-corrected chi connectivity index (χ2v) is 9.67. The van der Waals surface area contributed by atoms with Crippen molar-refractivity contribution in [2.45, 2.75) is 77.9 Å². The highest BCUT2D eigenvalue weighted by atomic mass is 32.1. The van der Waals surface area contributed by atoms with Gasteiger partial charge in [-0.1, -0.05) is 19.9 Å². The van der Waals surface area contributed by atoms with E-state index >= 15 is 0 Å². The molecule has 36 heavy (non-hydrogen) atoms. The molecular formula is C26H40N4O5S. The molecule has 0 aliphatic carbocycles. The minimum absolute atomic E-state index is 0.216. The number of piperidine rings is 2. The SMILES string of the molecule is CC.CS.Cn1c(=O)n(C2CCC(=O)NC2=O)c2ccc(C3CCN(C(=O)OC(C)(C)C)CC3)cc21. The Morgan fingerprint density at radius 1 is 1.03 bits per heavy atom. The Bertz CT molecular complexity index is 1140. The zero-order chi connectivity index (χ0) is 27.2. The van der Waals surface area contributed by atoms with Gasteiger partial charge >= 0.3 is 11.8 Å². The van der Waals surface area contributed by atoms with Crippen molar-refractivity contribution < 1.29 is 19.1 Å². The van der Waals surface area contributed by atoms with E-state index in [1.807, 2.05) is 52.8 Å². The van der Waals surface area contributed by atoms with Crippen LogP contribution in [0.25, 0.3) is 11.0 Å². The van der Waals surface area contributed by atoms with E-state index in [0.717, 1.165) is 23.9 Å². The topological polar surface area (TPSA) is 103 Å². The first-order valence-corrected chi connectivity index (χ1v) is 13.4. The van der Waals surface area contributed by atoms with Gasteiger partial charge in [0.05, 0.1) is 11.0 Å². The number of ether oxygens (including phenoxy) is 1. The van der Waals surface area contributed by atoms with Crippen LogP contribution >= 0.6 is 12.6 Å². The zero-order valence-electron chi connectivity index (χ0n) is 22.5. The number of amides is 3. The fourth-order valence-corrected chi connectivity index (χ4v) is 4.59. The number of hydrogen-bond donors (Lipinski definition) is 2. The van der Waals surface area contributed by atoms with Gasteiger partial charge in [-0.15, -0.1) is 0 Å². The van der Waals surface area contributed by atoms with E-state index in [4.69, 9.17) is 4.74 Å². The average Bonchev–Trinajstić information content (AvgIpc) is 3.10. The van der Waals surface area contributed by atoms with Crippen LogP contribution in [0.2, 0.25) is 0 Å². The first kappa shape index (κ1) is 29.5. The number of aromatic nitrogens is 2. The number of carbonyl (C=O) groups is 3. The van der Waals surface area contributed by atoms with Crippen molar-refractivity contribution in [3.63, 3.8) is 0 Å². The minimum atomic E-state index is -0.688. The monoisotopic (exact) mass is 520 g/mol. The van der Waals surface area contributed by atoms with Crippen molar-refractivity contribution in [3.8, 4) is 0 Å². The minimum Gasteiger partial charge on any atom is -0.444 e. The molecule has 10 heteroatoms. The molecule has 1 atom stereocenters. The fourth-order valence-electron chi connectivity index (χ4n) is 4.59. The molecule has 9 nitrogen and oxygen atoms in total. The summed E-state index contributed by atoms with van der Waals surface area (Å²) in [6.07, 6.45) is 3.57. The molecule has 4 rings (SSSR count). The van der Waals surface area contributed by atoms with E-state index in [2.05, 4.69) is 17.9 Å². The van der Waals surface area contributed by atoms with E-state index < -0.39 is 17.6 Å². The Morgan fingerprint density at radius 2 is 1.64 bits per heavy atom. The summed E-state index contributed by atoms with van der Waals surface area (Å²) in [7, 11) is 1.70. The van der Waals surface area contributed by atoms with Crippen molar-refractivity contribution in [1.82, 2.24) is 19.4 Å². The number of aryl methyl sites for hydroxylation is 1. The Balaban J connectivity index is 0.00000109. The van der Waals surface area contributed by atoms with Gasteiger partial charge in [0, 0.05) is 26.6 Å². The molecular weight excluding hydrogens is 480 g/mol. The standard InChI is InChI=1S/C23H30N4O5.C2H6.CH4S/c1-23(2,3)32-22(31)26-11-9-14(10-12-26)15-5-6-16-18(13-15)25(4)21(30)27(16)17-7-8-19(28)24-20(17)29;2*1-2/h5-6,13-14,17H,7-12H2,1-4H3,(H,24,28,29);1-2H3;2H,1H3. The molecule has 2 saturated heterocycles. The van der Waals surface area contributed by atoms with Gasteiger partial charge in [-0.05, 0) is 69.9 Å². The van der Waals surface area contributed by atoms with Gasteiger partial charge < -0.3 is 9.64 Å². The average molecular weight is 521 g/mol. The Kier molecular flexibility index (Phi) is 10.2. The lowest BCUT2D eigenvalue weighted by Crippen LogP contribution is -2.44. The number of thiol groups is 1. The summed E-state index contributed by atoms with van der Waals surface area (Å²) in [6, 6.07) is 5.20. The van der Waals surface area contributed by atoms with Crippen molar-refractivity contribution in [2.75, 3.05) is 19.3 Å². The van der Waals surface area contributed by atoms with Gasteiger partial charge in [0.25, 0.3) is 0 Å². The number of imide groups is 1. The largest absolute Gasteiger partial charge is 0.444 e. The molecule has 2 fully saturated rings. The maximum atomic E-state index is 12.9. The molecule has 1 aromatic heterocycles. The molecule has 1 N–H and O–H groups in total. The predicted molar refractivity (Wildman–Crippen MR) is 145 cm³/mol. The number of nitrogens with zero attached hydrogens (tertiary/aromatic N) is 3. The Hall–Kier alpha value is -2.75. The van der Waals surface area contributed by atoms with Gasteiger partial charge in [-0.25, -0.2) is 9.59 Å². The number of benzene rings is 1. The second kappa shape index (κ2) is 12.5. The Labute approximate surface area is 218 Å². The molecule has 2 aliphatic rings. The lowest BCUT2D eigenvalue weighted by Gasteiger charge is -2.33. The number of likely N-dealkylation sites (tertiary alicyclic amines) is 1. The Morgan fingerprint density at radius 3 is 2.19 bits per heavy atom. The molecule has 1 unspecified atom stereocenters. The molecule has 2 aromatic rings. The number of fused-ring (bicyclic) bond motifs is 1. The first-order chi connectivity index (χ1) is 17.0. The van der Waals surface area contributed by atoms with Gasteiger partial charge in [-0.2, -0.15) is 12.6 Å². The third-order valence-electron chi connectivity index (χ3n) is 6.25. The predicted octanol–water partition coefficient (Wildman–Crippen LogP) is 4.00. The summed E-state index contributed by atoms with van der Waals surface area (Å²) >= 11 is 3.53. The maximum absolute atomic E-state index is 12.9. The smallest absolute Gasteiger partial charge is 0.410 e. The molecule has 0 bridgehead atoms. The summed E-state index contributed by atoms with van der Waals surface area (Å²) in [5, 5.41) is 2.33. The summed E-state index contributed by atoms with van der Waals surface area (Å²) in [5.41, 5.74) is 1.76. The van der Waals surface area contributed by atoms with Crippen molar-refractivity contribution in [2.24, 2.45) is 7.05 Å². The molecule has 2 aliphatic heterocycles. The maximum Gasteiger partial charge on any atom is 0.410 e. The van der Waals surface area contributed by atoms with E-state index in [-0.39, 0.29) is 30.0 Å². The van der Waals surface area contributed by atoms with Crippen LogP contribution in [0.5, 0.6) is 0 Å². The van der Waals surface area contributed by atoms with Crippen LogP contribution < -0.4 is 11.0 Å². The third-order valence-corrected chi connectivity index (χ3v) is 6.25. The first-order valence-electron chi connectivity index (χ1n) is 12.5. The molecule has 3 amide bonds. The second-order valence-electron chi connectivity index (χ2n) is 9.67. The van der Waals surface area contributed by atoms with Crippen molar-refractivity contribution in [3.05, 3.63) is 34.2 Å². The summed E-state index contributed by atoms with van der Waals surface area (Å²) in [4.78, 5) is 50.9. The van der Waals surface area contributed by atoms with E-state index in [0.29, 0.717) is 25.0 Å². The van der Waals surface area contributed by atoms with E-state index in [9.17, 15) is 19.2 Å². The molecule has 0 radical (unpaired) electrons. The van der Waals surface area contributed by atoms with Crippen LogP contribution in [-0.4, -0.2) is 56.9 Å². The van der Waals surface area contributed by atoms with Crippen LogP contribution in [0, 0.1) is 0 Å². The van der Waals surface area contributed by atoms with Gasteiger partial charge in [0.2, 0.25) is 11.8 Å². The molecule has 3 heterocycles. The number of nitrogens with one attached hydrogen (secondary N) is 1. The van der Waals surface area contributed by atoms with Crippen molar-refractivity contribution in [1.29, 1.82) is 0 Å². The van der Waals surface area contributed by atoms with Crippen LogP contribution in [0.3, 0.4) is 0 Å². The lowest BCUT2D eigenvalue weighted by molar-refractivity contribution is -0.135. The van der Waals surface area contributed by atoms with Crippen LogP contribution in [-0.2, 0) is 21.4 Å². The van der Waals surface area contributed by atoms with Gasteiger partial charge in [0.15, 0.2) is 0 Å². The highest BCUT2D eigenvalue weighted by molar-refractivity contribution is 7.79. The van der Waals surface area contributed by atoms with Gasteiger partial charge in [0.1, 0.15) is 11.6 Å². The van der Waals surface area contributed by atoms with Crippen LogP contribution in [0.4, 0.5) is 4.79 Å². The quantitative estimate of drug-likeness (QED) is 0.460. The number of hydrogen-bond acceptors (Lipinski definition) is 6. The zero-order valence-corrected chi connectivity index (χ0v) is 23.4. The number of imidazole rings is 1. The summed E-state index contributed by atoms with van der Waals surface area (Å²) < 4.78 is 8.52. The van der Waals surface area contributed by atoms with E-state index in [1.54, 1.807) is 22.8 Å². The van der Waals surface area contributed by atoms with Crippen LogP contribution in [0.15, 0.2) is 23.0 Å².